The summed E-state index contributed by atoms with van der Waals surface area (Å²) in [6.07, 6.45) is 1.04. The number of methoxy groups -OCH3 is 2. The second-order valence-electron chi connectivity index (χ2n) is 12.0. The van der Waals surface area contributed by atoms with Gasteiger partial charge in [0.05, 0.1) is 33.0 Å². The molecule has 1 aliphatic rings. The van der Waals surface area contributed by atoms with Crippen LogP contribution >= 0.6 is 0 Å². The summed E-state index contributed by atoms with van der Waals surface area (Å²) in [5.41, 5.74) is 0.963. The van der Waals surface area contributed by atoms with E-state index in [4.69, 9.17) is 23.7 Å². The van der Waals surface area contributed by atoms with Gasteiger partial charge in [-0.1, -0.05) is 30.3 Å². The molecule has 1 unspecified atom stereocenters. The van der Waals surface area contributed by atoms with Crippen molar-refractivity contribution in [3.05, 3.63) is 59.7 Å². The molecule has 9 heteroatoms. The summed E-state index contributed by atoms with van der Waals surface area (Å²) >= 11 is 0. The maximum absolute atomic E-state index is 14.1. The second kappa shape index (κ2) is 15.8. The molecule has 1 saturated heterocycles. The summed E-state index contributed by atoms with van der Waals surface area (Å²) in [4.78, 5) is 30.9. The summed E-state index contributed by atoms with van der Waals surface area (Å²) in [5.74, 6) is 0.970. The molecule has 1 fully saturated rings. The van der Waals surface area contributed by atoms with Crippen LogP contribution in [0, 0.1) is 5.92 Å². The highest BCUT2D eigenvalue weighted by atomic mass is 16.6. The van der Waals surface area contributed by atoms with Gasteiger partial charge in [0, 0.05) is 50.8 Å². The minimum Gasteiger partial charge on any atom is -0.493 e. The zero-order valence-electron chi connectivity index (χ0n) is 26.3. The van der Waals surface area contributed by atoms with Crippen LogP contribution in [0.1, 0.15) is 63.4 Å². The van der Waals surface area contributed by atoms with E-state index in [2.05, 4.69) is 0 Å². The molecule has 2 aromatic rings. The van der Waals surface area contributed by atoms with Gasteiger partial charge in [-0.2, -0.15) is 0 Å². The van der Waals surface area contributed by atoms with E-state index in [9.17, 15) is 9.59 Å². The summed E-state index contributed by atoms with van der Waals surface area (Å²) in [6, 6.07) is 14.9. The third kappa shape index (κ3) is 9.91. The molecule has 0 aromatic heterocycles. The van der Waals surface area contributed by atoms with Gasteiger partial charge in [0.25, 0.3) is 5.91 Å². The van der Waals surface area contributed by atoms with Gasteiger partial charge < -0.3 is 33.5 Å². The second-order valence-corrected chi connectivity index (χ2v) is 12.0. The number of amides is 2. The maximum atomic E-state index is 14.1. The van der Waals surface area contributed by atoms with Crippen molar-refractivity contribution in [1.82, 2.24) is 9.80 Å². The van der Waals surface area contributed by atoms with Gasteiger partial charge in [0.15, 0.2) is 11.5 Å². The molecule has 0 bridgehead atoms. The Morgan fingerprint density at radius 3 is 2.38 bits per heavy atom. The number of carbonyl (C=O) groups is 2. The molecule has 232 valence electrons. The molecule has 0 saturated carbocycles. The monoisotopic (exact) mass is 584 g/mol. The number of hydrogen-bond donors (Lipinski definition) is 0. The van der Waals surface area contributed by atoms with Gasteiger partial charge in [-0.05, 0) is 64.8 Å². The van der Waals surface area contributed by atoms with Crippen molar-refractivity contribution < 1.29 is 33.3 Å². The van der Waals surface area contributed by atoms with Crippen LogP contribution in [0.15, 0.2) is 48.5 Å². The molecule has 0 spiro atoms. The first kappa shape index (κ1) is 33.2. The Balaban J connectivity index is 1.82. The minimum absolute atomic E-state index is 0.0320. The van der Waals surface area contributed by atoms with E-state index < -0.39 is 5.60 Å². The molecule has 2 amide bonds. The maximum Gasteiger partial charge on any atom is 0.410 e. The number of nitrogens with zero attached hydrogens (tertiary/aromatic N) is 2. The van der Waals surface area contributed by atoms with Gasteiger partial charge in [-0.25, -0.2) is 4.79 Å². The molecule has 1 aliphatic heterocycles. The van der Waals surface area contributed by atoms with E-state index in [1.165, 1.54) is 0 Å². The van der Waals surface area contributed by atoms with E-state index in [0.717, 1.165) is 5.56 Å². The molecule has 3 rings (SSSR count). The number of carbonyl (C=O) groups excluding carboxylic acids is 2. The van der Waals surface area contributed by atoms with Crippen molar-refractivity contribution in [2.45, 2.75) is 71.8 Å². The molecular formula is C33H48N2O7. The number of likely N-dealkylation sites (tertiary alicyclic amines) is 1. The van der Waals surface area contributed by atoms with Crippen LogP contribution in [-0.2, 0) is 20.8 Å². The lowest BCUT2D eigenvalue weighted by Crippen LogP contribution is -2.57. The van der Waals surface area contributed by atoms with Crippen LogP contribution in [0.25, 0.3) is 0 Å². The zero-order chi connectivity index (χ0) is 30.7. The van der Waals surface area contributed by atoms with Gasteiger partial charge in [-0.3, -0.25) is 4.79 Å². The fourth-order valence-electron chi connectivity index (χ4n) is 5.17. The Bertz CT molecular complexity index is 1130. The number of benzene rings is 2. The highest BCUT2D eigenvalue weighted by molar-refractivity contribution is 5.95. The van der Waals surface area contributed by atoms with E-state index in [-0.39, 0.29) is 30.0 Å². The average Bonchev–Trinajstić information content (AvgIpc) is 2.94. The van der Waals surface area contributed by atoms with Gasteiger partial charge in [0.1, 0.15) is 5.60 Å². The van der Waals surface area contributed by atoms with Crippen molar-refractivity contribution in [3.8, 4) is 11.5 Å². The number of ether oxygens (including phenoxy) is 5. The van der Waals surface area contributed by atoms with Crippen LogP contribution in [0.4, 0.5) is 4.79 Å². The predicted molar refractivity (Wildman–Crippen MR) is 162 cm³/mol. The first-order valence-corrected chi connectivity index (χ1v) is 14.7. The molecule has 2 aromatic carbocycles. The molecule has 2 atom stereocenters. The van der Waals surface area contributed by atoms with Crippen molar-refractivity contribution in [2.24, 2.45) is 5.92 Å². The molecule has 9 nitrogen and oxygen atoms in total. The van der Waals surface area contributed by atoms with Gasteiger partial charge >= 0.3 is 6.09 Å². The number of hydrogen-bond acceptors (Lipinski definition) is 7. The topological polar surface area (TPSA) is 86.8 Å². The fourth-order valence-corrected chi connectivity index (χ4v) is 5.17. The van der Waals surface area contributed by atoms with Crippen LogP contribution in [0.2, 0.25) is 0 Å². The van der Waals surface area contributed by atoms with Crippen LogP contribution in [0.3, 0.4) is 0 Å². The van der Waals surface area contributed by atoms with E-state index in [1.807, 2.05) is 69.9 Å². The third-order valence-electron chi connectivity index (χ3n) is 6.98. The summed E-state index contributed by atoms with van der Waals surface area (Å²) < 4.78 is 28.4. The summed E-state index contributed by atoms with van der Waals surface area (Å²) in [7, 11) is 3.22. The quantitative estimate of drug-likeness (QED) is 0.275. The minimum atomic E-state index is -0.625. The fraction of sp³-hybridized carbons (Fsp3) is 0.576. The standard InChI is InChI=1S/C33H48N2O7/c1-24(2)35(31(36)27-14-15-29(39-7)30(19-27)41-17-11-16-38-6)28-18-26(23-40-22-25-12-9-8-10-13-25)20-34(21-28)32(37)42-33(3,4)5/h8-10,12-15,19,24,26,28H,11,16-18,20-23H2,1-7H3/t26-,28?/m0/s1. The zero-order valence-corrected chi connectivity index (χ0v) is 26.3. The molecule has 0 radical (unpaired) electrons. The Labute approximate surface area is 251 Å². The van der Waals surface area contributed by atoms with Gasteiger partial charge in [0.2, 0.25) is 0 Å². The lowest BCUT2D eigenvalue weighted by molar-refractivity contribution is -0.0153. The molecule has 0 aliphatic carbocycles. The Morgan fingerprint density at radius 1 is 1.00 bits per heavy atom. The first-order valence-electron chi connectivity index (χ1n) is 14.7. The smallest absolute Gasteiger partial charge is 0.410 e. The highest BCUT2D eigenvalue weighted by Gasteiger charge is 2.38. The molecule has 42 heavy (non-hydrogen) atoms. The lowest BCUT2D eigenvalue weighted by Gasteiger charge is -2.44. The van der Waals surface area contributed by atoms with Gasteiger partial charge in [-0.15, -0.1) is 0 Å². The van der Waals surface area contributed by atoms with Crippen LogP contribution < -0.4 is 9.47 Å². The van der Waals surface area contributed by atoms with Crippen LogP contribution in [-0.4, -0.2) is 86.6 Å². The largest absolute Gasteiger partial charge is 0.493 e. The average molecular weight is 585 g/mol. The molecule has 1 heterocycles. The Morgan fingerprint density at radius 2 is 1.74 bits per heavy atom. The SMILES string of the molecule is COCCCOc1cc(C(=O)N(C(C)C)C2C[C@H](COCc3ccccc3)CN(C(=O)OC(C)(C)C)C2)ccc1OC. The normalized spacial score (nSPS) is 17.2. The highest BCUT2D eigenvalue weighted by Crippen LogP contribution is 2.31. The van der Waals surface area contributed by atoms with E-state index in [1.54, 1.807) is 37.3 Å². The number of piperidine rings is 1. The number of rotatable bonds is 13. The van der Waals surface area contributed by atoms with E-state index in [0.29, 0.717) is 69.4 Å². The van der Waals surface area contributed by atoms with E-state index >= 15 is 0 Å². The predicted octanol–water partition coefficient (Wildman–Crippen LogP) is 5.80. The van der Waals surface area contributed by atoms with Crippen molar-refractivity contribution in [2.75, 3.05) is 47.1 Å². The molecular weight excluding hydrogens is 536 g/mol. The molecule has 0 N–H and O–H groups in total. The van der Waals surface area contributed by atoms with Crippen LogP contribution in [0.5, 0.6) is 11.5 Å². The first-order chi connectivity index (χ1) is 20.0. The summed E-state index contributed by atoms with van der Waals surface area (Å²) in [5, 5.41) is 0. The Kier molecular flexibility index (Phi) is 12.5. The van der Waals surface area contributed by atoms with Crippen molar-refractivity contribution >= 4 is 12.0 Å². The lowest BCUT2D eigenvalue weighted by atomic mass is 9.92. The Hall–Kier alpha value is -3.30. The van der Waals surface area contributed by atoms with Crippen molar-refractivity contribution in [3.63, 3.8) is 0 Å². The summed E-state index contributed by atoms with van der Waals surface area (Å²) in [6.45, 7) is 12.4. The van der Waals surface area contributed by atoms with Crippen molar-refractivity contribution in [1.29, 1.82) is 0 Å². The third-order valence-corrected chi connectivity index (χ3v) is 6.98.